The topological polar surface area (TPSA) is 18.5 Å². The molecule has 2 nitrogen and oxygen atoms in total. The van der Waals surface area contributed by atoms with Crippen molar-refractivity contribution in [3.8, 4) is 0 Å². The maximum absolute atomic E-state index is 6.73. The van der Waals surface area contributed by atoms with Crippen molar-refractivity contribution in [1.82, 2.24) is 0 Å². The summed E-state index contributed by atoms with van der Waals surface area (Å²) in [5.41, 5.74) is 2.58. The van der Waals surface area contributed by atoms with E-state index in [9.17, 15) is 0 Å². The van der Waals surface area contributed by atoms with E-state index in [1.54, 1.807) is 5.57 Å². The highest BCUT2D eigenvalue weighted by Gasteiger charge is 2.67. The van der Waals surface area contributed by atoms with Gasteiger partial charge in [-0.15, -0.1) is 0 Å². The molecule has 0 aromatic rings. The van der Waals surface area contributed by atoms with Crippen LogP contribution >= 0.6 is 0 Å². The molecule has 5 aliphatic rings. The molecule has 9 atom stereocenters. The molecule has 1 aliphatic heterocycles. The van der Waals surface area contributed by atoms with Crippen LogP contribution in [0, 0.1) is 40.4 Å². The van der Waals surface area contributed by atoms with Crippen molar-refractivity contribution in [2.45, 2.75) is 104 Å². The zero-order valence-electron chi connectivity index (χ0n) is 18.4. The Labute approximate surface area is 166 Å². The third-order valence-electron chi connectivity index (χ3n) is 9.99. The molecule has 0 N–H and O–H groups in total. The summed E-state index contributed by atoms with van der Waals surface area (Å²) in [6.07, 6.45) is 12.6. The largest absolute Gasteiger partial charge is 0.344 e. The van der Waals surface area contributed by atoms with Gasteiger partial charge in [0.05, 0.1) is 12.2 Å². The van der Waals surface area contributed by atoms with Gasteiger partial charge in [-0.25, -0.2) is 0 Å². The zero-order chi connectivity index (χ0) is 19.2. The molecule has 5 rings (SSSR count). The van der Waals surface area contributed by atoms with E-state index in [2.05, 4.69) is 47.6 Å². The van der Waals surface area contributed by atoms with Crippen LogP contribution in [0.15, 0.2) is 11.6 Å². The molecule has 5 fully saturated rings. The Morgan fingerprint density at radius 3 is 2.37 bits per heavy atom. The highest BCUT2D eigenvalue weighted by Crippen LogP contribution is 2.69. The lowest BCUT2D eigenvalue weighted by atomic mass is 9.43. The van der Waals surface area contributed by atoms with Crippen LogP contribution < -0.4 is 0 Å². The third-order valence-corrected chi connectivity index (χ3v) is 9.99. The number of rotatable bonds is 0. The monoisotopic (exact) mass is 372 g/mol. The average molecular weight is 373 g/mol. The van der Waals surface area contributed by atoms with Crippen LogP contribution in [0.2, 0.25) is 0 Å². The van der Waals surface area contributed by atoms with Gasteiger partial charge in [0.2, 0.25) is 0 Å². The van der Waals surface area contributed by atoms with Gasteiger partial charge in [0.25, 0.3) is 0 Å². The van der Waals surface area contributed by atoms with Gasteiger partial charge < -0.3 is 9.47 Å². The molecule has 27 heavy (non-hydrogen) atoms. The van der Waals surface area contributed by atoms with Crippen LogP contribution in [-0.4, -0.2) is 18.0 Å². The van der Waals surface area contributed by atoms with E-state index in [-0.39, 0.29) is 0 Å². The Balaban J connectivity index is 1.59. The number of hydrogen-bond acceptors (Lipinski definition) is 2. The molecule has 1 saturated heterocycles. The number of hydrogen-bond donors (Lipinski definition) is 0. The van der Waals surface area contributed by atoms with Gasteiger partial charge in [0.1, 0.15) is 0 Å². The fraction of sp³-hybridized carbons (Fsp3) is 0.920. The summed E-state index contributed by atoms with van der Waals surface area (Å²) in [7, 11) is 0. The van der Waals surface area contributed by atoms with E-state index >= 15 is 0 Å². The summed E-state index contributed by atoms with van der Waals surface area (Å²) in [4.78, 5) is 0. The molecular weight excluding hydrogens is 332 g/mol. The molecule has 4 saturated carbocycles. The molecule has 1 heterocycles. The lowest BCUT2D eigenvalue weighted by molar-refractivity contribution is -0.176. The summed E-state index contributed by atoms with van der Waals surface area (Å²) in [6, 6.07) is 0. The van der Waals surface area contributed by atoms with Crippen LogP contribution in [0.25, 0.3) is 0 Å². The van der Waals surface area contributed by atoms with E-state index in [1.807, 2.05) is 0 Å². The quantitative estimate of drug-likeness (QED) is 0.461. The van der Waals surface area contributed by atoms with Crippen molar-refractivity contribution in [3.63, 3.8) is 0 Å². The summed E-state index contributed by atoms with van der Waals surface area (Å²) in [5.74, 6) is 3.39. The summed E-state index contributed by atoms with van der Waals surface area (Å²) in [6.45, 7) is 14.2. The number of fused-ring (bicyclic) bond motifs is 8. The van der Waals surface area contributed by atoms with Gasteiger partial charge in [-0.1, -0.05) is 38.8 Å². The fourth-order valence-electron chi connectivity index (χ4n) is 8.71. The highest BCUT2D eigenvalue weighted by molar-refractivity contribution is 5.25. The lowest BCUT2D eigenvalue weighted by Crippen LogP contribution is -2.62. The second-order valence-corrected chi connectivity index (χ2v) is 11.7. The molecular formula is C25H40O2. The molecule has 152 valence electrons. The van der Waals surface area contributed by atoms with Crippen molar-refractivity contribution >= 4 is 0 Å². The van der Waals surface area contributed by atoms with Crippen LogP contribution in [0.3, 0.4) is 0 Å². The predicted octanol–water partition coefficient (Wildman–Crippen LogP) is 6.35. The molecule has 0 aromatic carbocycles. The van der Waals surface area contributed by atoms with Crippen LogP contribution in [0.5, 0.6) is 0 Å². The SMILES string of the molecule is C/C=C1\CC[C@H]2[C@@H]3[C@H]4OC(C)(C)O[C@@H]4[C@H]4C[C@@H](C)CC[C@]4(C)[C@H]3CC[C@]12C. The summed E-state index contributed by atoms with van der Waals surface area (Å²) >= 11 is 0. The third kappa shape index (κ3) is 2.44. The van der Waals surface area contributed by atoms with Gasteiger partial charge in [0, 0.05) is 0 Å². The first-order valence-corrected chi connectivity index (χ1v) is 11.7. The second kappa shape index (κ2) is 5.85. The molecule has 4 aliphatic carbocycles. The van der Waals surface area contributed by atoms with Gasteiger partial charge in [-0.05, 0) is 99.7 Å². The van der Waals surface area contributed by atoms with Crippen molar-refractivity contribution in [1.29, 1.82) is 0 Å². The number of ether oxygens (including phenoxy) is 2. The standard InChI is InChI=1S/C25H40O2/c1-7-16-8-9-17-20-18(11-13-24(16,17)5)25(6)12-10-15(2)14-19(25)21-22(20)27-23(3,4)26-21/h7,15,17-22H,8-14H2,1-6H3/b16-7+/t15-,17-,18-,19+,20-,21+,22+,24+,25+/m0/s1. The first-order chi connectivity index (χ1) is 12.7. The fourth-order valence-corrected chi connectivity index (χ4v) is 8.71. The van der Waals surface area contributed by atoms with E-state index in [4.69, 9.17) is 9.47 Å². The first kappa shape index (κ1) is 18.7. The summed E-state index contributed by atoms with van der Waals surface area (Å²) < 4.78 is 13.4. The van der Waals surface area contributed by atoms with Crippen molar-refractivity contribution in [2.75, 3.05) is 0 Å². The van der Waals surface area contributed by atoms with Gasteiger partial charge in [-0.3, -0.25) is 0 Å². The minimum absolute atomic E-state index is 0.311. The van der Waals surface area contributed by atoms with Gasteiger partial charge in [0.15, 0.2) is 5.79 Å². The minimum atomic E-state index is -0.415. The Kier molecular flexibility index (Phi) is 4.04. The van der Waals surface area contributed by atoms with Crippen molar-refractivity contribution < 1.29 is 9.47 Å². The zero-order valence-corrected chi connectivity index (χ0v) is 18.4. The maximum Gasteiger partial charge on any atom is 0.163 e. The molecule has 0 spiro atoms. The number of allylic oxidation sites excluding steroid dienone is 2. The Hall–Kier alpha value is -0.340. The van der Waals surface area contributed by atoms with E-state index in [1.165, 1.54) is 44.9 Å². The van der Waals surface area contributed by atoms with Crippen molar-refractivity contribution in [2.24, 2.45) is 40.4 Å². The Morgan fingerprint density at radius 2 is 1.63 bits per heavy atom. The van der Waals surface area contributed by atoms with E-state index in [0.29, 0.717) is 34.9 Å². The van der Waals surface area contributed by atoms with Gasteiger partial charge in [-0.2, -0.15) is 0 Å². The van der Waals surface area contributed by atoms with E-state index in [0.717, 1.165) is 17.8 Å². The molecule has 0 radical (unpaired) electrons. The lowest BCUT2D eigenvalue weighted by Gasteiger charge is -2.63. The van der Waals surface area contributed by atoms with Crippen LogP contribution in [-0.2, 0) is 9.47 Å². The first-order valence-electron chi connectivity index (χ1n) is 11.7. The average Bonchev–Trinajstić information content (AvgIpc) is 3.11. The van der Waals surface area contributed by atoms with E-state index < -0.39 is 5.79 Å². The molecule has 0 aromatic heterocycles. The molecule has 0 bridgehead atoms. The van der Waals surface area contributed by atoms with Crippen LogP contribution in [0.4, 0.5) is 0 Å². The maximum atomic E-state index is 6.73. The van der Waals surface area contributed by atoms with Crippen LogP contribution in [0.1, 0.15) is 86.5 Å². The van der Waals surface area contributed by atoms with Gasteiger partial charge >= 0.3 is 0 Å². The van der Waals surface area contributed by atoms with Crippen molar-refractivity contribution in [3.05, 3.63) is 11.6 Å². The minimum Gasteiger partial charge on any atom is -0.344 e. The molecule has 2 heteroatoms. The Bertz CT molecular complexity index is 651. The Morgan fingerprint density at radius 1 is 0.889 bits per heavy atom. The second-order valence-electron chi connectivity index (χ2n) is 11.7. The molecule has 0 amide bonds. The molecule has 0 unspecified atom stereocenters. The highest BCUT2D eigenvalue weighted by atomic mass is 16.8. The smallest absolute Gasteiger partial charge is 0.163 e. The predicted molar refractivity (Wildman–Crippen MR) is 109 cm³/mol. The normalized spacial score (nSPS) is 57.7. The summed E-state index contributed by atoms with van der Waals surface area (Å²) in [5, 5.41) is 0.